The molecule has 2 heterocycles. The smallest absolute Gasteiger partial charge is 0.109 e. The molecular formula is C12H21N3. The van der Waals surface area contributed by atoms with Crippen LogP contribution < -0.4 is 5.73 Å². The van der Waals surface area contributed by atoms with Crippen molar-refractivity contribution in [3.8, 4) is 0 Å². The molecule has 0 saturated carbocycles. The number of rotatable bonds is 2. The predicted molar refractivity (Wildman–Crippen MR) is 61.9 cm³/mol. The van der Waals surface area contributed by atoms with Crippen LogP contribution in [0.1, 0.15) is 43.4 Å². The fourth-order valence-electron chi connectivity index (χ4n) is 2.47. The quantitative estimate of drug-likeness (QED) is 0.804. The Morgan fingerprint density at radius 3 is 2.87 bits per heavy atom. The number of nitrogens with zero attached hydrogens (tertiary/aromatic N) is 2. The monoisotopic (exact) mass is 207 g/mol. The maximum atomic E-state index is 5.74. The van der Waals surface area contributed by atoms with Crippen LogP contribution in [0.15, 0.2) is 0 Å². The third-order valence-corrected chi connectivity index (χ3v) is 3.43. The Kier molecular flexibility index (Phi) is 2.83. The zero-order valence-corrected chi connectivity index (χ0v) is 9.95. The Hall–Kier alpha value is -0.830. The maximum Gasteiger partial charge on any atom is 0.109 e. The first-order chi connectivity index (χ1) is 7.13. The molecule has 1 atom stereocenters. The largest absolute Gasteiger partial charge is 0.332 e. The van der Waals surface area contributed by atoms with E-state index in [-0.39, 0.29) is 0 Å². The van der Waals surface area contributed by atoms with Gasteiger partial charge in [0.05, 0.1) is 5.69 Å². The molecule has 1 unspecified atom stereocenters. The van der Waals surface area contributed by atoms with Crippen LogP contribution in [0.25, 0.3) is 0 Å². The Balaban J connectivity index is 2.33. The number of hydrogen-bond acceptors (Lipinski definition) is 2. The van der Waals surface area contributed by atoms with Gasteiger partial charge in [-0.2, -0.15) is 0 Å². The second-order valence-electron chi connectivity index (χ2n) is 4.90. The third kappa shape index (κ3) is 1.81. The van der Waals surface area contributed by atoms with Gasteiger partial charge in [-0.25, -0.2) is 4.98 Å². The van der Waals surface area contributed by atoms with Crippen LogP contribution in [-0.4, -0.2) is 16.1 Å². The first-order valence-corrected chi connectivity index (χ1v) is 5.89. The fourth-order valence-corrected chi connectivity index (χ4v) is 2.47. The molecule has 84 valence electrons. The second kappa shape index (κ2) is 3.97. The van der Waals surface area contributed by atoms with Crippen molar-refractivity contribution in [2.45, 2.75) is 46.1 Å². The van der Waals surface area contributed by atoms with Crippen LogP contribution in [0.5, 0.6) is 0 Å². The fraction of sp³-hybridized carbons (Fsp3) is 0.750. The molecule has 3 heteroatoms. The summed E-state index contributed by atoms with van der Waals surface area (Å²) >= 11 is 0. The van der Waals surface area contributed by atoms with E-state index in [1.165, 1.54) is 23.6 Å². The van der Waals surface area contributed by atoms with Crippen molar-refractivity contribution >= 4 is 0 Å². The van der Waals surface area contributed by atoms with Crippen molar-refractivity contribution in [2.75, 3.05) is 6.54 Å². The Bertz CT molecular complexity index is 352. The lowest BCUT2D eigenvalue weighted by Crippen LogP contribution is -2.26. The van der Waals surface area contributed by atoms with Gasteiger partial charge in [0.15, 0.2) is 0 Å². The molecular weight excluding hydrogens is 186 g/mol. The number of hydrogen-bond donors (Lipinski definition) is 1. The highest BCUT2D eigenvalue weighted by atomic mass is 15.1. The summed E-state index contributed by atoms with van der Waals surface area (Å²) in [6, 6.07) is 0. The van der Waals surface area contributed by atoms with E-state index in [0.717, 1.165) is 19.5 Å². The normalized spacial score (nSPS) is 20.7. The Morgan fingerprint density at radius 2 is 2.27 bits per heavy atom. The lowest BCUT2D eigenvalue weighted by atomic mass is 9.99. The van der Waals surface area contributed by atoms with Crippen LogP contribution in [0.2, 0.25) is 0 Å². The van der Waals surface area contributed by atoms with Crippen molar-refractivity contribution in [3.63, 3.8) is 0 Å². The summed E-state index contributed by atoms with van der Waals surface area (Å²) in [4.78, 5) is 4.74. The molecule has 15 heavy (non-hydrogen) atoms. The Labute approximate surface area is 91.7 Å². The van der Waals surface area contributed by atoms with Gasteiger partial charge >= 0.3 is 0 Å². The summed E-state index contributed by atoms with van der Waals surface area (Å²) in [6.07, 6.45) is 2.29. The Morgan fingerprint density at radius 1 is 1.53 bits per heavy atom. The highest BCUT2D eigenvalue weighted by Crippen LogP contribution is 2.26. The van der Waals surface area contributed by atoms with Gasteiger partial charge in [-0.1, -0.05) is 13.8 Å². The molecule has 0 aliphatic carbocycles. The molecule has 0 radical (unpaired) electrons. The molecule has 1 aliphatic heterocycles. The zero-order valence-electron chi connectivity index (χ0n) is 9.95. The SMILES string of the molecule is Cc1c(C(C)C)nc2n1CC(CN)CC2. The van der Waals surface area contributed by atoms with E-state index >= 15 is 0 Å². The number of aryl methyl sites for hydroxylation is 1. The summed E-state index contributed by atoms with van der Waals surface area (Å²) in [5.74, 6) is 2.44. The molecule has 1 aromatic rings. The molecule has 0 fully saturated rings. The summed E-state index contributed by atoms with van der Waals surface area (Å²) in [5, 5.41) is 0. The summed E-state index contributed by atoms with van der Waals surface area (Å²) in [7, 11) is 0. The highest BCUT2D eigenvalue weighted by molar-refractivity contribution is 5.20. The molecule has 0 saturated heterocycles. The molecule has 2 N–H and O–H groups in total. The van der Waals surface area contributed by atoms with Crippen LogP contribution in [0.3, 0.4) is 0 Å². The van der Waals surface area contributed by atoms with Gasteiger partial charge in [0.1, 0.15) is 5.82 Å². The summed E-state index contributed by atoms with van der Waals surface area (Å²) in [6.45, 7) is 8.47. The van der Waals surface area contributed by atoms with E-state index in [2.05, 4.69) is 25.3 Å². The minimum absolute atomic E-state index is 0.527. The molecule has 0 spiro atoms. The van der Waals surface area contributed by atoms with Gasteiger partial charge in [-0.15, -0.1) is 0 Å². The molecule has 0 amide bonds. The van der Waals surface area contributed by atoms with Gasteiger partial charge in [0, 0.05) is 18.7 Å². The lowest BCUT2D eigenvalue weighted by molar-refractivity contribution is 0.369. The summed E-state index contributed by atoms with van der Waals surface area (Å²) in [5.41, 5.74) is 8.36. The van der Waals surface area contributed by atoms with Crippen LogP contribution in [-0.2, 0) is 13.0 Å². The number of imidazole rings is 1. The van der Waals surface area contributed by atoms with Crippen molar-refractivity contribution in [1.29, 1.82) is 0 Å². The van der Waals surface area contributed by atoms with E-state index < -0.39 is 0 Å². The minimum Gasteiger partial charge on any atom is -0.332 e. The number of nitrogens with two attached hydrogens (primary N) is 1. The van der Waals surface area contributed by atoms with Crippen LogP contribution in [0.4, 0.5) is 0 Å². The number of aromatic nitrogens is 2. The summed E-state index contributed by atoms with van der Waals surface area (Å²) < 4.78 is 2.37. The van der Waals surface area contributed by atoms with Gasteiger partial charge in [-0.05, 0) is 31.7 Å². The molecule has 0 bridgehead atoms. The molecule has 1 aromatic heterocycles. The van der Waals surface area contributed by atoms with Crippen LogP contribution in [0, 0.1) is 12.8 Å². The first kappa shape index (κ1) is 10.7. The molecule has 0 aromatic carbocycles. The molecule has 3 nitrogen and oxygen atoms in total. The van der Waals surface area contributed by atoms with Gasteiger partial charge in [0.25, 0.3) is 0 Å². The zero-order chi connectivity index (χ0) is 11.0. The molecule has 1 aliphatic rings. The highest BCUT2D eigenvalue weighted by Gasteiger charge is 2.22. The standard InChI is InChI=1S/C12H21N3/c1-8(2)12-9(3)15-7-10(6-13)4-5-11(15)14-12/h8,10H,4-7,13H2,1-3H3. The maximum absolute atomic E-state index is 5.74. The lowest BCUT2D eigenvalue weighted by Gasteiger charge is -2.23. The van der Waals surface area contributed by atoms with E-state index in [0.29, 0.717) is 11.8 Å². The van der Waals surface area contributed by atoms with E-state index in [9.17, 15) is 0 Å². The third-order valence-electron chi connectivity index (χ3n) is 3.43. The van der Waals surface area contributed by atoms with Crippen molar-refractivity contribution in [3.05, 3.63) is 17.2 Å². The number of fused-ring (bicyclic) bond motifs is 1. The average Bonchev–Trinajstić information content (AvgIpc) is 2.56. The second-order valence-corrected chi connectivity index (χ2v) is 4.90. The van der Waals surface area contributed by atoms with E-state index in [1.807, 2.05) is 0 Å². The van der Waals surface area contributed by atoms with Crippen molar-refractivity contribution in [1.82, 2.24) is 9.55 Å². The minimum atomic E-state index is 0.527. The van der Waals surface area contributed by atoms with Gasteiger partial charge in [-0.3, -0.25) is 0 Å². The van der Waals surface area contributed by atoms with Crippen LogP contribution >= 0.6 is 0 Å². The van der Waals surface area contributed by atoms with Gasteiger partial charge in [0.2, 0.25) is 0 Å². The van der Waals surface area contributed by atoms with E-state index in [4.69, 9.17) is 10.7 Å². The van der Waals surface area contributed by atoms with E-state index in [1.54, 1.807) is 0 Å². The predicted octanol–water partition coefficient (Wildman–Crippen LogP) is 1.84. The van der Waals surface area contributed by atoms with Crippen molar-refractivity contribution in [2.24, 2.45) is 11.7 Å². The van der Waals surface area contributed by atoms with Crippen molar-refractivity contribution < 1.29 is 0 Å². The first-order valence-electron chi connectivity index (χ1n) is 5.89. The average molecular weight is 207 g/mol. The topological polar surface area (TPSA) is 43.8 Å². The molecule has 2 rings (SSSR count). The van der Waals surface area contributed by atoms with Gasteiger partial charge < -0.3 is 10.3 Å².